The molecule has 0 aromatic carbocycles. The predicted octanol–water partition coefficient (Wildman–Crippen LogP) is 2.51. The quantitative estimate of drug-likeness (QED) is 0.800. The van der Waals surface area contributed by atoms with Crippen LogP contribution in [0.2, 0.25) is 0 Å². The van der Waals surface area contributed by atoms with Gasteiger partial charge in [-0.1, -0.05) is 6.07 Å². The van der Waals surface area contributed by atoms with E-state index in [1.807, 2.05) is 22.9 Å². The van der Waals surface area contributed by atoms with Gasteiger partial charge in [-0.15, -0.1) is 24.8 Å². The minimum absolute atomic E-state index is 0. The maximum atomic E-state index is 12.1. The number of hydrogen-bond acceptors (Lipinski definition) is 4. The number of carbonyl (C=O) groups excluding carboxylic acids is 1. The molecule has 0 saturated carbocycles. The highest BCUT2D eigenvalue weighted by molar-refractivity contribution is 5.85. The van der Waals surface area contributed by atoms with Crippen LogP contribution in [0, 0.1) is 5.92 Å². The average Bonchev–Trinajstić information content (AvgIpc) is 3.14. The molecule has 1 aliphatic rings. The van der Waals surface area contributed by atoms with Gasteiger partial charge in [0.15, 0.2) is 0 Å². The Balaban J connectivity index is 0.00000156. The Bertz CT molecular complexity index is 630. The van der Waals surface area contributed by atoms with Gasteiger partial charge in [-0.2, -0.15) is 0 Å². The molecule has 0 aliphatic carbocycles. The van der Waals surface area contributed by atoms with Gasteiger partial charge in [-0.3, -0.25) is 9.36 Å². The number of aromatic nitrogens is 3. The third-order valence-corrected chi connectivity index (χ3v) is 4.33. The van der Waals surface area contributed by atoms with Gasteiger partial charge in [0.25, 0.3) is 0 Å². The van der Waals surface area contributed by atoms with Gasteiger partial charge in [-0.05, 0) is 44.3 Å². The molecule has 3 heterocycles. The third kappa shape index (κ3) is 6.30. The van der Waals surface area contributed by atoms with Crippen molar-refractivity contribution >= 4 is 30.7 Å². The van der Waals surface area contributed by atoms with Crippen LogP contribution < -0.4 is 10.6 Å². The van der Waals surface area contributed by atoms with Crippen molar-refractivity contribution in [3.05, 3.63) is 42.6 Å². The van der Waals surface area contributed by atoms with Gasteiger partial charge in [0, 0.05) is 37.1 Å². The molecule has 0 bridgehead atoms. The van der Waals surface area contributed by atoms with E-state index in [1.165, 1.54) is 12.8 Å². The van der Waals surface area contributed by atoms with E-state index >= 15 is 0 Å². The van der Waals surface area contributed by atoms with Crippen molar-refractivity contribution in [3.8, 4) is 5.82 Å². The lowest BCUT2D eigenvalue weighted by molar-refractivity contribution is -0.121. The summed E-state index contributed by atoms with van der Waals surface area (Å²) in [4.78, 5) is 20.5. The zero-order chi connectivity index (χ0) is 15.9. The lowest BCUT2D eigenvalue weighted by atomic mass is 9.93. The van der Waals surface area contributed by atoms with Crippen LogP contribution >= 0.6 is 24.8 Å². The maximum absolute atomic E-state index is 12.1. The molecule has 1 fully saturated rings. The summed E-state index contributed by atoms with van der Waals surface area (Å²) in [6.45, 7) is 2.65. The summed E-state index contributed by atoms with van der Waals surface area (Å²) in [6.07, 6.45) is 11.0. The summed E-state index contributed by atoms with van der Waals surface area (Å²) in [5.74, 6) is 1.61. The van der Waals surface area contributed by atoms with Crippen LogP contribution in [0.25, 0.3) is 5.82 Å². The second kappa shape index (κ2) is 11.1. The van der Waals surface area contributed by atoms with E-state index in [-0.39, 0.29) is 30.7 Å². The smallest absolute Gasteiger partial charge is 0.220 e. The van der Waals surface area contributed by atoms with Crippen molar-refractivity contribution < 1.29 is 4.79 Å². The van der Waals surface area contributed by atoms with Gasteiger partial charge in [0.1, 0.15) is 12.1 Å². The monoisotopic (exact) mass is 385 g/mol. The summed E-state index contributed by atoms with van der Waals surface area (Å²) in [5, 5.41) is 6.37. The average molecular weight is 386 g/mol. The number of carbonyl (C=O) groups is 1. The zero-order valence-corrected chi connectivity index (χ0v) is 15.7. The third-order valence-electron chi connectivity index (χ3n) is 4.33. The highest BCUT2D eigenvalue weighted by Crippen LogP contribution is 2.17. The number of rotatable bonds is 6. The molecular formula is C17H25Cl2N5O. The summed E-state index contributed by atoms with van der Waals surface area (Å²) in [7, 11) is 0. The largest absolute Gasteiger partial charge is 0.352 e. The molecule has 6 nitrogen and oxygen atoms in total. The molecule has 3 rings (SSSR count). The zero-order valence-electron chi connectivity index (χ0n) is 14.1. The normalized spacial score (nSPS) is 14.2. The highest BCUT2D eigenvalue weighted by Gasteiger charge is 2.14. The molecule has 1 aliphatic heterocycles. The van der Waals surface area contributed by atoms with E-state index < -0.39 is 0 Å². The van der Waals surface area contributed by atoms with E-state index in [2.05, 4.69) is 20.6 Å². The van der Waals surface area contributed by atoms with Crippen molar-refractivity contribution in [2.24, 2.45) is 5.92 Å². The molecule has 8 heteroatoms. The maximum Gasteiger partial charge on any atom is 0.220 e. The Labute approximate surface area is 160 Å². The molecule has 0 atom stereocenters. The first-order valence-corrected chi connectivity index (χ1v) is 8.22. The predicted molar refractivity (Wildman–Crippen MR) is 103 cm³/mol. The molecule has 2 N–H and O–H groups in total. The van der Waals surface area contributed by atoms with Gasteiger partial charge in [0.2, 0.25) is 5.91 Å². The molecule has 0 spiro atoms. The van der Waals surface area contributed by atoms with Crippen molar-refractivity contribution in [1.29, 1.82) is 0 Å². The molecule has 2 aromatic heterocycles. The number of amides is 1. The Morgan fingerprint density at radius 2 is 2.08 bits per heavy atom. The second-order valence-electron chi connectivity index (χ2n) is 5.96. The van der Waals surface area contributed by atoms with E-state index in [0.29, 0.717) is 18.9 Å². The van der Waals surface area contributed by atoms with Crippen molar-refractivity contribution in [2.45, 2.75) is 32.2 Å². The van der Waals surface area contributed by atoms with Crippen molar-refractivity contribution in [1.82, 2.24) is 25.2 Å². The molecular weight excluding hydrogens is 361 g/mol. The Hall–Kier alpha value is -1.63. The van der Waals surface area contributed by atoms with Crippen LogP contribution in [0.3, 0.4) is 0 Å². The Kier molecular flexibility index (Phi) is 9.49. The van der Waals surface area contributed by atoms with Gasteiger partial charge in [-0.25, -0.2) is 9.97 Å². The van der Waals surface area contributed by atoms with Crippen molar-refractivity contribution in [2.75, 3.05) is 13.1 Å². The first-order valence-electron chi connectivity index (χ1n) is 8.22. The number of imidazole rings is 1. The number of piperidine rings is 1. The summed E-state index contributed by atoms with van der Waals surface area (Å²) >= 11 is 0. The van der Waals surface area contributed by atoms with Gasteiger partial charge < -0.3 is 10.6 Å². The highest BCUT2D eigenvalue weighted by atomic mass is 35.5. The Morgan fingerprint density at radius 3 is 2.80 bits per heavy atom. The fraction of sp³-hybridized carbons (Fsp3) is 0.471. The van der Waals surface area contributed by atoms with Gasteiger partial charge >= 0.3 is 0 Å². The number of hydrogen-bond donors (Lipinski definition) is 2. The minimum Gasteiger partial charge on any atom is -0.352 e. The van der Waals surface area contributed by atoms with E-state index in [9.17, 15) is 4.79 Å². The first-order chi connectivity index (χ1) is 11.3. The number of nitrogens with zero attached hydrogens (tertiary/aromatic N) is 3. The summed E-state index contributed by atoms with van der Waals surface area (Å²) < 4.78 is 1.86. The van der Waals surface area contributed by atoms with Crippen LogP contribution in [0.15, 0.2) is 37.1 Å². The number of pyridine rings is 1. The lowest BCUT2D eigenvalue weighted by Crippen LogP contribution is -2.29. The number of nitrogens with one attached hydrogen (secondary N) is 2. The van der Waals surface area contributed by atoms with Crippen LogP contribution in [-0.4, -0.2) is 33.5 Å². The lowest BCUT2D eigenvalue weighted by Gasteiger charge is -2.22. The number of halogens is 2. The molecule has 1 saturated heterocycles. The molecule has 25 heavy (non-hydrogen) atoms. The molecule has 2 aromatic rings. The SMILES string of the molecule is Cl.Cl.O=C(CCC1CCNCC1)NCc1cccnc1-n1ccnc1. The van der Waals surface area contributed by atoms with E-state index in [4.69, 9.17) is 0 Å². The molecule has 0 radical (unpaired) electrons. The van der Waals surface area contributed by atoms with E-state index in [0.717, 1.165) is 30.9 Å². The minimum atomic E-state index is 0. The van der Waals surface area contributed by atoms with Crippen molar-refractivity contribution in [3.63, 3.8) is 0 Å². The van der Waals surface area contributed by atoms with Gasteiger partial charge in [0.05, 0.1) is 0 Å². The Morgan fingerprint density at radius 1 is 1.28 bits per heavy atom. The fourth-order valence-electron chi connectivity index (χ4n) is 2.97. The van der Waals surface area contributed by atoms with Crippen LogP contribution in [0.4, 0.5) is 0 Å². The first kappa shape index (κ1) is 21.4. The van der Waals surface area contributed by atoms with E-state index in [1.54, 1.807) is 18.7 Å². The molecule has 138 valence electrons. The molecule has 0 unspecified atom stereocenters. The van der Waals surface area contributed by atoms with Crippen LogP contribution in [-0.2, 0) is 11.3 Å². The standard InChI is InChI=1S/C17H23N5O.2ClH/c23-16(4-3-14-5-8-18-9-6-14)21-12-15-2-1-7-20-17(15)22-11-10-19-13-22;;/h1-2,7,10-11,13-14,18H,3-6,8-9,12H2,(H,21,23);2*1H. The summed E-state index contributed by atoms with van der Waals surface area (Å²) in [5.41, 5.74) is 0.987. The van der Waals surface area contributed by atoms with Crippen LogP contribution in [0.5, 0.6) is 0 Å². The summed E-state index contributed by atoms with van der Waals surface area (Å²) in [6, 6.07) is 3.87. The van der Waals surface area contributed by atoms with Crippen LogP contribution in [0.1, 0.15) is 31.2 Å². The topological polar surface area (TPSA) is 71.8 Å². The second-order valence-corrected chi connectivity index (χ2v) is 5.96. The fourth-order valence-corrected chi connectivity index (χ4v) is 2.97. The molecule has 1 amide bonds.